The maximum atomic E-state index is 5.18. The van der Waals surface area contributed by atoms with E-state index in [4.69, 9.17) is 9.97 Å². The van der Waals surface area contributed by atoms with Crippen molar-refractivity contribution in [2.75, 3.05) is 0 Å². The second-order valence-electron chi connectivity index (χ2n) is 11.5. The lowest BCUT2D eigenvalue weighted by atomic mass is 9.91. The molecule has 0 fully saturated rings. The number of pyridine rings is 1. The molecule has 46 heavy (non-hydrogen) atoms. The van der Waals surface area contributed by atoms with Crippen molar-refractivity contribution in [3.8, 4) is 44.9 Å². The summed E-state index contributed by atoms with van der Waals surface area (Å²) < 4.78 is 0. The molecule has 3 nitrogen and oxygen atoms in total. The average Bonchev–Trinajstić information content (AvgIpc) is 3.15. The zero-order valence-corrected chi connectivity index (χ0v) is 25.2. The highest BCUT2D eigenvalue weighted by Gasteiger charge is 2.16. The first-order valence-corrected chi connectivity index (χ1v) is 15.6. The summed E-state index contributed by atoms with van der Waals surface area (Å²) in [6.07, 6.45) is 16.2. The molecule has 0 radical (unpaired) electrons. The van der Waals surface area contributed by atoms with Crippen molar-refractivity contribution in [1.82, 2.24) is 15.0 Å². The van der Waals surface area contributed by atoms with Crippen molar-refractivity contribution in [3.63, 3.8) is 0 Å². The van der Waals surface area contributed by atoms with Gasteiger partial charge in [-0.2, -0.15) is 0 Å². The van der Waals surface area contributed by atoms with Gasteiger partial charge in [0.25, 0.3) is 0 Å². The van der Waals surface area contributed by atoms with E-state index in [0.29, 0.717) is 5.82 Å². The zero-order chi connectivity index (χ0) is 30.7. The van der Waals surface area contributed by atoms with Gasteiger partial charge in [-0.3, -0.25) is 4.98 Å². The highest BCUT2D eigenvalue weighted by molar-refractivity contribution is 5.88. The summed E-state index contributed by atoms with van der Waals surface area (Å²) >= 11 is 0. The third-order valence-corrected chi connectivity index (χ3v) is 8.54. The van der Waals surface area contributed by atoms with E-state index in [1.54, 1.807) is 6.20 Å². The number of allylic oxidation sites excluding steroid dienone is 8. The van der Waals surface area contributed by atoms with Gasteiger partial charge in [-0.1, -0.05) is 102 Å². The van der Waals surface area contributed by atoms with E-state index in [2.05, 4.69) is 138 Å². The maximum Gasteiger partial charge on any atom is 0.160 e. The van der Waals surface area contributed by atoms with Crippen molar-refractivity contribution in [2.45, 2.75) is 12.8 Å². The molecule has 0 spiro atoms. The summed E-state index contributed by atoms with van der Waals surface area (Å²) in [6.45, 7) is 0. The molecule has 2 aromatic heterocycles. The Hall–Kier alpha value is -6.11. The van der Waals surface area contributed by atoms with Crippen molar-refractivity contribution < 1.29 is 0 Å². The van der Waals surface area contributed by atoms with E-state index in [0.717, 1.165) is 57.6 Å². The zero-order valence-electron chi connectivity index (χ0n) is 25.2. The summed E-state index contributed by atoms with van der Waals surface area (Å²) in [7, 11) is 0. The number of benzene rings is 4. The van der Waals surface area contributed by atoms with E-state index >= 15 is 0 Å². The highest BCUT2D eigenvalue weighted by Crippen LogP contribution is 2.34. The fraction of sp³-hybridized carbons (Fsp3) is 0.0465. The van der Waals surface area contributed by atoms with Crippen LogP contribution in [0.2, 0.25) is 0 Å². The van der Waals surface area contributed by atoms with Gasteiger partial charge in [-0.05, 0) is 111 Å². The third kappa shape index (κ3) is 5.61. The minimum absolute atomic E-state index is 0.704. The van der Waals surface area contributed by atoms with Crippen LogP contribution in [-0.2, 0) is 0 Å². The van der Waals surface area contributed by atoms with Gasteiger partial charge in [0.1, 0.15) is 0 Å². The second-order valence-corrected chi connectivity index (χ2v) is 11.5. The van der Waals surface area contributed by atoms with Crippen LogP contribution in [0.1, 0.15) is 18.5 Å². The molecular weight excluding hydrogens is 558 g/mol. The second kappa shape index (κ2) is 12.1. The molecule has 6 aromatic rings. The van der Waals surface area contributed by atoms with Crippen LogP contribution in [0.25, 0.3) is 61.2 Å². The summed E-state index contributed by atoms with van der Waals surface area (Å²) in [4.78, 5) is 14.6. The Bertz CT molecular complexity index is 2310. The van der Waals surface area contributed by atoms with Gasteiger partial charge in [-0.15, -0.1) is 0 Å². The van der Waals surface area contributed by atoms with Crippen LogP contribution < -0.4 is 0 Å². The Morgan fingerprint density at radius 3 is 2.20 bits per heavy atom. The minimum atomic E-state index is 0.704. The van der Waals surface area contributed by atoms with Gasteiger partial charge in [0.2, 0.25) is 0 Å². The Morgan fingerprint density at radius 2 is 1.35 bits per heavy atom. The van der Waals surface area contributed by atoms with E-state index < -0.39 is 0 Å². The fourth-order valence-corrected chi connectivity index (χ4v) is 6.10. The van der Waals surface area contributed by atoms with Gasteiger partial charge in [0, 0.05) is 23.5 Å². The Morgan fingerprint density at radius 1 is 0.565 bits per heavy atom. The van der Waals surface area contributed by atoms with Crippen LogP contribution in [0.3, 0.4) is 0 Å². The molecule has 0 bridgehead atoms. The number of nitrogens with zero attached hydrogens (tertiary/aromatic N) is 3. The Kier molecular flexibility index (Phi) is 7.23. The molecular formula is C43H29N3. The van der Waals surface area contributed by atoms with Crippen LogP contribution in [0.15, 0.2) is 175 Å². The predicted molar refractivity (Wildman–Crippen MR) is 189 cm³/mol. The van der Waals surface area contributed by atoms with Crippen LogP contribution in [0.5, 0.6) is 0 Å². The lowest BCUT2D eigenvalue weighted by molar-refractivity contribution is 0.978. The molecule has 0 amide bonds. The largest absolute Gasteiger partial charge is 0.264 e. The molecule has 0 saturated heterocycles. The lowest BCUT2D eigenvalue weighted by Crippen LogP contribution is -2.01. The van der Waals surface area contributed by atoms with Crippen LogP contribution in [-0.4, -0.2) is 15.0 Å². The van der Waals surface area contributed by atoms with Gasteiger partial charge in [-0.25, -0.2) is 9.97 Å². The molecule has 2 aliphatic carbocycles. The van der Waals surface area contributed by atoms with Crippen LogP contribution >= 0.6 is 0 Å². The van der Waals surface area contributed by atoms with Gasteiger partial charge in [0.15, 0.2) is 5.82 Å². The normalized spacial score (nSPS) is 13.8. The average molecular weight is 588 g/mol. The molecule has 8 rings (SSSR count). The highest BCUT2D eigenvalue weighted by atomic mass is 14.9. The summed E-state index contributed by atoms with van der Waals surface area (Å²) in [5.74, 6) is 0.704. The first kappa shape index (κ1) is 27.4. The van der Waals surface area contributed by atoms with Crippen molar-refractivity contribution in [2.24, 2.45) is 0 Å². The number of rotatable bonds is 6. The molecule has 216 valence electrons. The molecule has 0 atom stereocenters. The Balaban J connectivity index is 1.22. The number of hydrogen-bond donors (Lipinski definition) is 0. The number of hydrogen-bond acceptors (Lipinski definition) is 3. The lowest BCUT2D eigenvalue weighted by Gasteiger charge is -2.16. The molecule has 0 saturated carbocycles. The van der Waals surface area contributed by atoms with E-state index in [1.165, 1.54) is 27.5 Å². The summed E-state index contributed by atoms with van der Waals surface area (Å²) in [5.41, 5.74) is 18.0. The molecule has 0 unspecified atom stereocenters. The topological polar surface area (TPSA) is 38.7 Å². The number of aromatic nitrogens is 3. The predicted octanol–water partition coefficient (Wildman–Crippen LogP) is 10.6. The molecule has 4 aromatic carbocycles. The maximum absolute atomic E-state index is 5.18. The smallest absolute Gasteiger partial charge is 0.160 e. The number of fused-ring (bicyclic) bond motifs is 1. The SMILES string of the molecule is C1=C=CC(C2=CC(c3cc(-c4ccc(-c5cccnc5)cc4)nc(-c4cccc(-c5ccc6ccccc6c5)c4)n3)=CCC2)=CC=1. The summed E-state index contributed by atoms with van der Waals surface area (Å²) in [6, 6.07) is 38.3. The van der Waals surface area contributed by atoms with Gasteiger partial charge < -0.3 is 0 Å². The van der Waals surface area contributed by atoms with Gasteiger partial charge >= 0.3 is 0 Å². The third-order valence-electron chi connectivity index (χ3n) is 8.54. The van der Waals surface area contributed by atoms with Gasteiger partial charge in [0.05, 0.1) is 11.4 Å². The minimum Gasteiger partial charge on any atom is -0.264 e. The van der Waals surface area contributed by atoms with Crippen molar-refractivity contribution >= 4 is 16.3 Å². The molecule has 2 aliphatic rings. The van der Waals surface area contributed by atoms with Crippen molar-refractivity contribution in [1.29, 1.82) is 0 Å². The molecule has 0 N–H and O–H groups in total. The molecule has 2 heterocycles. The van der Waals surface area contributed by atoms with Crippen LogP contribution in [0, 0.1) is 0 Å². The summed E-state index contributed by atoms with van der Waals surface area (Å²) in [5, 5.41) is 2.46. The fourth-order valence-electron chi connectivity index (χ4n) is 6.10. The Labute approximate surface area is 268 Å². The van der Waals surface area contributed by atoms with E-state index in [-0.39, 0.29) is 0 Å². The molecule has 0 aliphatic heterocycles. The van der Waals surface area contributed by atoms with Crippen LogP contribution in [0.4, 0.5) is 0 Å². The van der Waals surface area contributed by atoms with Crippen molar-refractivity contribution in [3.05, 3.63) is 180 Å². The quantitative estimate of drug-likeness (QED) is 0.182. The monoisotopic (exact) mass is 587 g/mol. The molecule has 3 heteroatoms. The van der Waals surface area contributed by atoms with E-state index in [1.807, 2.05) is 24.4 Å². The standard InChI is InChI=1S/C43H29N3/c1-2-9-30(10-3-1)35-13-6-15-38(26-35)42-28-41(33-21-18-32(19-22-33)40-17-8-24-44-29-40)45-43(46-42)39-16-7-14-36(27-39)37-23-20-31-11-4-5-12-34(31)25-37/h2,4-5,7-12,14-29H,6,13H2. The first-order chi connectivity index (χ1) is 22.8. The first-order valence-electron chi connectivity index (χ1n) is 15.6. The van der Waals surface area contributed by atoms with E-state index in [9.17, 15) is 0 Å².